The van der Waals surface area contributed by atoms with Gasteiger partial charge in [-0.15, -0.1) is 0 Å². The van der Waals surface area contributed by atoms with Crippen LogP contribution >= 0.6 is 0 Å². The van der Waals surface area contributed by atoms with Crippen LogP contribution in [0.15, 0.2) is 66.7 Å². The highest BCUT2D eigenvalue weighted by Gasteiger charge is 2.20. The molecule has 0 radical (unpaired) electrons. The SMILES string of the molecule is COC(=O)C#Cc1ccccc1C(C)OC[C@H](O)CNC(C)(C)Cc1ccc2ccccc2c1. The van der Waals surface area contributed by atoms with Gasteiger partial charge in [-0.3, -0.25) is 0 Å². The minimum atomic E-state index is -0.661. The molecule has 5 heteroatoms. The third-order valence-electron chi connectivity index (χ3n) is 5.70. The van der Waals surface area contributed by atoms with E-state index in [0.29, 0.717) is 12.1 Å². The molecule has 1 unspecified atom stereocenters. The maximum atomic E-state index is 11.3. The van der Waals surface area contributed by atoms with E-state index in [1.54, 1.807) is 0 Å². The van der Waals surface area contributed by atoms with Crippen LogP contribution in [0.3, 0.4) is 0 Å². The van der Waals surface area contributed by atoms with E-state index in [9.17, 15) is 9.90 Å². The van der Waals surface area contributed by atoms with Gasteiger partial charge in [0.15, 0.2) is 0 Å². The average molecular weight is 460 g/mol. The number of esters is 1. The first kappa shape index (κ1) is 25.5. The molecule has 0 fully saturated rings. The van der Waals surface area contributed by atoms with Crippen LogP contribution < -0.4 is 5.32 Å². The maximum absolute atomic E-state index is 11.3. The molecular weight excluding hydrogens is 426 g/mol. The number of aliphatic hydroxyl groups is 1. The van der Waals surface area contributed by atoms with Crippen molar-refractivity contribution < 1.29 is 19.4 Å². The summed E-state index contributed by atoms with van der Waals surface area (Å²) >= 11 is 0. The van der Waals surface area contributed by atoms with E-state index < -0.39 is 12.1 Å². The second-order valence-electron chi connectivity index (χ2n) is 9.08. The van der Waals surface area contributed by atoms with Gasteiger partial charge in [-0.2, -0.15) is 0 Å². The third-order valence-corrected chi connectivity index (χ3v) is 5.70. The van der Waals surface area contributed by atoms with Gasteiger partial charge in [-0.1, -0.05) is 66.6 Å². The summed E-state index contributed by atoms with van der Waals surface area (Å²) in [6.45, 7) is 6.77. The molecule has 5 nitrogen and oxygen atoms in total. The van der Waals surface area contributed by atoms with Gasteiger partial charge in [0.05, 0.1) is 25.9 Å². The lowest BCUT2D eigenvalue weighted by atomic mass is 9.93. The Labute approximate surface area is 202 Å². The van der Waals surface area contributed by atoms with Gasteiger partial charge < -0.3 is 19.9 Å². The van der Waals surface area contributed by atoms with E-state index in [-0.39, 0.29) is 18.2 Å². The summed E-state index contributed by atoms with van der Waals surface area (Å²) in [4.78, 5) is 11.3. The van der Waals surface area contributed by atoms with Gasteiger partial charge in [0, 0.05) is 23.6 Å². The molecule has 0 saturated carbocycles. The number of β-amino-alcohol motifs (C(OH)–C–C–N with tert-alkyl or cyclic N) is 1. The minimum Gasteiger partial charge on any atom is -0.459 e. The van der Waals surface area contributed by atoms with Crippen LogP contribution in [0, 0.1) is 11.8 Å². The molecule has 34 heavy (non-hydrogen) atoms. The first-order valence-electron chi connectivity index (χ1n) is 11.5. The summed E-state index contributed by atoms with van der Waals surface area (Å²) < 4.78 is 10.5. The molecule has 0 aliphatic carbocycles. The molecule has 0 bridgehead atoms. The molecule has 3 rings (SSSR count). The Hall–Kier alpha value is -3.17. The normalized spacial score (nSPS) is 13.1. The predicted molar refractivity (Wildman–Crippen MR) is 135 cm³/mol. The van der Waals surface area contributed by atoms with Crippen molar-refractivity contribution in [2.45, 2.75) is 44.9 Å². The molecule has 0 aromatic heterocycles. The van der Waals surface area contributed by atoms with Crippen molar-refractivity contribution in [3.8, 4) is 11.8 Å². The Bertz CT molecular complexity index is 1180. The molecule has 0 aliphatic heterocycles. The summed E-state index contributed by atoms with van der Waals surface area (Å²) in [5, 5.41) is 16.4. The molecule has 3 aromatic carbocycles. The Morgan fingerprint density at radius 3 is 2.53 bits per heavy atom. The van der Waals surface area contributed by atoms with E-state index in [1.807, 2.05) is 37.3 Å². The van der Waals surface area contributed by atoms with Crippen molar-refractivity contribution in [3.63, 3.8) is 0 Å². The van der Waals surface area contributed by atoms with Crippen molar-refractivity contribution in [1.29, 1.82) is 0 Å². The van der Waals surface area contributed by atoms with Crippen molar-refractivity contribution in [3.05, 3.63) is 83.4 Å². The van der Waals surface area contributed by atoms with Crippen LogP contribution in [-0.4, -0.2) is 43.0 Å². The minimum absolute atomic E-state index is 0.180. The molecule has 0 aliphatic rings. The number of fused-ring (bicyclic) bond motifs is 1. The third kappa shape index (κ3) is 7.43. The Kier molecular flexibility index (Phi) is 8.84. The Morgan fingerprint density at radius 2 is 1.76 bits per heavy atom. The topological polar surface area (TPSA) is 67.8 Å². The van der Waals surface area contributed by atoms with E-state index in [2.05, 4.69) is 72.1 Å². The smallest absolute Gasteiger partial charge is 0.384 e. The number of ether oxygens (including phenoxy) is 2. The Morgan fingerprint density at radius 1 is 1.06 bits per heavy atom. The van der Waals surface area contributed by atoms with Crippen LogP contribution in [0.2, 0.25) is 0 Å². The fourth-order valence-electron chi connectivity index (χ4n) is 3.85. The second-order valence-corrected chi connectivity index (χ2v) is 9.08. The van der Waals surface area contributed by atoms with Crippen molar-refractivity contribution in [2.24, 2.45) is 0 Å². The van der Waals surface area contributed by atoms with Gasteiger partial charge in [-0.05, 0) is 55.2 Å². The van der Waals surface area contributed by atoms with E-state index in [4.69, 9.17) is 4.74 Å². The van der Waals surface area contributed by atoms with Crippen LogP contribution in [0.25, 0.3) is 10.8 Å². The zero-order valence-electron chi connectivity index (χ0n) is 20.3. The number of hydrogen-bond donors (Lipinski definition) is 2. The van der Waals surface area contributed by atoms with Crippen molar-refractivity contribution >= 4 is 16.7 Å². The second kappa shape index (κ2) is 11.8. The van der Waals surface area contributed by atoms with E-state index >= 15 is 0 Å². The number of carbonyl (C=O) groups is 1. The molecule has 2 N–H and O–H groups in total. The summed E-state index contributed by atoms with van der Waals surface area (Å²) in [5.74, 6) is 4.69. The van der Waals surface area contributed by atoms with Crippen LogP contribution in [0.5, 0.6) is 0 Å². The highest BCUT2D eigenvalue weighted by Crippen LogP contribution is 2.22. The van der Waals surface area contributed by atoms with Crippen molar-refractivity contribution in [2.75, 3.05) is 20.3 Å². The molecule has 3 aromatic rings. The molecule has 0 heterocycles. The van der Waals surface area contributed by atoms with Gasteiger partial charge >= 0.3 is 5.97 Å². The number of nitrogens with one attached hydrogen (secondary N) is 1. The predicted octanol–water partition coefficient (Wildman–Crippen LogP) is 4.41. The summed E-state index contributed by atoms with van der Waals surface area (Å²) in [7, 11) is 1.30. The molecule has 0 saturated heterocycles. The summed E-state index contributed by atoms with van der Waals surface area (Å²) in [5.41, 5.74) is 2.62. The van der Waals surface area contributed by atoms with E-state index in [1.165, 1.54) is 23.4 Å². The summed E-state index contributed by atoms with van der Waals surface area (Å²) in [6, 6.07) is 22.4. The van der Waals surface area contributed by atoms with Crippen LogP contribution in [0.1, 0.15) is 43.6 Å². The number of carbonyl (C=O) groups excluding carboxylic acids is 1. The lowest BCUT2D eigenvalue weighted by Crippen LogP contribution is -2.46. The van der Waals surface area contributed by atoms with Crippen LogP contribution in [-0.2, 0) is 20.7 Å². The lowest BCUT2D eigenvalue weighted by Gasteiger charge is -2.28. The van der Waals surface area contributed by atoms with E-state index in [0.717, 1.165) is 12.0 Å². The zero-order valence-corrected chi connectivity index (χ0v) is 20.3. The fourth-order valence-corrected chi connectivity index (χ4v) is 3.85. The number of rotatable bonds is 9. The van der Waals surface area contributed by atoms with Gasteiger partial charge in [0.2, 0.25) is 0 Å². The average Bonchev–Trinajstić information content (AvgIpc) is 2.84. The fraction of sp³-hybridized carbons (Fsp3) is 0.345. The highest BCUT2D eigenvalue weighted by molar-refractivity contribution is 5.89. The first-order chi connectivity index (χ1) is 16.3. The monoisotopic (exact) mass is 459 g/mol. The van der Waals surface area contributed by atoms with Crippen molar-refractivity contribution in [1.82, 2.24) is 5.32 Å². The lowest BCUT2D eigenvalue weighted by molar-refractivity contribution is -0.133. The van der Waals surface area contributed by atoms with Crippen LogP contribution in [0.4, 0.5) is 0 Å². The standard InChI is InChI=1S/C29H33NO4/c1-21(27-12-8-7-10-24(27)15-16-28(32)33-4)34-20-26(31)19-30-29(2,3)18-22-13-14-23-9-5-6-11-25(23)17-22/h5-14,17,21,26,30-31H,18-20H2,1-4H3/t21?,26-/m1/s1. The number of methoxy groups -OCH3 is 1. The maximum Gasteiger partial charge on any atom is 0.384 e. The number of aliphatic hydroxyl groups excluding tert-OH is 1. The quantitative estimate of drug-likeness (QED) is 0.366. The molecule has 0 spiro atoms. The van der Waals surface area contributed by atoms with Gasteiger partial charge in [0.25, 0.3) is 0 Å². The number of benzene rings is 3. The Balaban J connectivity index is 1.52. The molecule has 178 valence electrons. The van der Waals surface area contributed by atoms with Gasteiger partial charge in [0.1, 0.15) is 0 Å². The largest absolute Gasteiger partial charge is 0.459 e. The van der Waals surface area contributed by atoms with Gasteiger partial charge in [-0.25, -0.2) is 4.79 Å². The molecule has 0 amide bonds. The highest BCUT2D eigenvalue weighted by atomic mass is 16.5. The summed E-state index contributed by atoms with van der Waals surface area (Å²) in [6.07, 6.45) is -0.108. The first-order valence-corrected chi connectivity index (χ1v) is 11.5. The molecular formula is C29H33NO4. The molecule has 2 atom stereocenters. The zero-order chi connectivity index (χ0) is 24.6. The number of hydrogen-bond acceptors (Lipinski definition) is 5.